The topological polar surface area (TPSA) is 38.0 Å². The largest absolute Gasteiger partial charge is 0.271 e. The van der Waals surface area contributed by atoms with E-state index in [1.165, 1.54) is 6.07 Å². The van der Waals surface area contributed by atoms with Crippen LogP contribution in [0.4, 0.5) is 8.78 Å². The van der Waals surface area contributed by atoms with Gasteiger partial charge in [0, 0.05) is 4.47 Å². The Bertz CT molecular complexity index is 617. The van der Waals surface area contributed by atoms with E-state index in [1.54, 1.807) is 6.07 Å². The van der Waals surface area contributed by atoms with Crippen molar-refractivity contribution >= 4 is 15.9 Å². The molecular formula is C15H15BrF2N2. The monoisotopic (exact) mass is 340 g/mol. The zero-order valence-corrected chi connectivity index (χ0v) is 12.5. The first-order valence-electron chi connectivity index (χ1n) is 6.18. The van der Waals surface area contributed by atoms with E-state index in [0.717, 1.165) is 21.7 Å². The van der Waals surface area contributed by atoms with Crippen molar-refractivity contribution < 1.29 is 8.78 Å². The van der Waals surface area contributed by atoms with Crippen LogP contribution in [0.2, 0.25) is 0 Å². The van der Waals surface area contributed by atoms with Crippen molar-refractivity contribution in [1.29, 1.82) is 0 Å². The third kappa shape index (κ3) is 3.23. The molecule has 1 atom stereocenters. The summed E-state index contributed by atoms with van der Waals surface area (Å²) in [5.74, 6) is 3.92. The van der Waals surface area contributed by atoms with Gasteiger partial charge in [0.1, 0.15) is 0 Å². The molecule has 0 aliphatic carbocycles. The third-order valence-electron chi connectivity index (χ3n) is 3.31. The van der Waals surface area contributed by atoms with Gasteiger partial charge >= 0.3 is 0 Å². The number of hydrazine groups is 1. The molecule has 1 unspecified atom stereocenters. The Morgan fingerprint density at radius 3 is 2.60 bits per heavy atom. The van der Waals surface area contributed by atoms with Crippen molar-refractivity contribution in [2.24, 2.45) is 5.84 Å². The molecule has 106 valence electrons. The van der Waals surface area contributed by atoms with Crippen LogP contribution in [-0.4, -0.2) is 0 Å². The summed E-state index contributed by atoms with van der Waals surface area (Å²) < 4.78 is 27.2. The van der Waals surface area contributed by atoms with Crippen LogP contribution in [0.15, 0.2) is 40.9 Å². The van der Waals surface area contributed by atoms with Crippen molar-refractivity contribution in [3.63, 3.8) is 0 Å². The summed E-state index contributed by atoms with van der Waals surface area (Å²) in [5, 5.41) is 0. The van der Waals surface area contributed by atoms with Gasteiger partial charge in [-0.05, 0) is 48.2 Å². The van der Waals surface area contributed by atoms with Crippen molar-refractivity contribution in [2.45, 2.75) is 19.4 Å². The number of nitrogens with two attached hydrogens (primary N) is 1. The Morgan fingerprint density at radius 1 is 1.20 bits per heavy atom. The molecule has 0 spiro atoms. The van der Waals surface area contributed by atoms with Gasteiger partial charge in [-0.3, -0.25) is 11.3 Å². The van der Waals surface area contributed by atoms with E-state index in [2.05, 4.69) is 21.4 Å². The number of benzene rings is 2. The molecule has 2 rings (SSSR count). The fourth-order valence-corrected chi connectivity index (χ4v) is 2.54. The lowest BCUT2D eigenvalue weighted by molar-refractivity contribution is 0.502. The van der Waals surface area contributed by atoms with Crippen LogP contribution in [0.25, 0.3) is 0 Å². The van der Waals surface area contributed by atoms with Crippen molar-refractivity contribution in [2.75, 3.05) is 0 Å². The summed E-state index contributed by atoms with van der Waals surface area (Å²) in [6.45, 7) is 1.98. The van der Waals surface area contributed by atoms with Crippen LogP contribution in [0, 0.1) is 18.6 Å². The number of hydrogen-bond acceptors (Lipinski definition) is 2. The molecule has 0 saturated heterocycles. The maximum absolute atomic E-state index is 13.2. The molecule has 2 aromatic rings. The van der Waals surface area contributed by atoms with Gasteiger partial charge in [0.15, 0.2) is 11.6 Å². The first-order chi connectivity index (χ1) is 9.52. The molecule has 5 heteroatoms. The van der Waals surface area contributed by atoms with Gasteiger partial charge in [0.25, 0.3) is 0 Å². The molecule has 0 saturated carbocycles. The summed E-state index contributed by atoms with van der Waals surface area (Å²) in [6, 6.07) is 9.56. The highest BCUT2D eigenvalue weighted by Gasteiger charge is 2.15. The molecule has 0 fully saturated rings. The average Bonchev–Trinajstić information content (AvgIpc) is 2.43. The smallest absolute Gasteiger partial charge is 0.159 e. The van der Waals surface area contributed by atoms with Crippen LogP contribution in [-0.2, 0) is 6.42 Å². The first kappa shape index (κ1) is 15.1. The van der Waals surface area contributed by atoms with E-state index in [1.807, 2.05) is 25.1 Å². The van der Waals surface area contributed by atoms with E-state index in [4.69, 9.17) is 5.84 Å². The highest BCUT2D eigenvalue weighted by molar-refractivity contribution is 9.10. The summed E-state index contributed by atoms with van der Waals surface area (Å²) in [4.78, 5) is 0. The number of halogens is 3. The zero-order chi connectivity index (χ0) is 14.7. The lowest BCUT2D eigenvalue weighted by atomic mass is 9.96. The van der Waals surface area contributed by atoms with Crippen LogP contribution in [0.3, 0.4) is 0 Å². The van der Waals surface area contributed by atoms with E-state index in [9.17, 15) is 8.78 Å². The van der Waals surface area contributed by atoms with Gasteiger partial charge in [-0.2, -0.15) is 0 Å². The Kier molecular flexibility index (Phi) is 4.86. The Balaban J connectivity index is 2.28. The fourth-order valence-electron chi connectivity index (χ4n) is 2.16. The molecule has 0 bridgehead atoms. The molecule has 0 radical (unpaired) electrons. The Morgan fingerprint density at radius 2 is 1.95 bits per heavy atom. The minimum atomic E-state index is -0.843. The van der Waals surface area contributed by atoms with Crippen molar-refractivity contribution in [3.05, 3.63) is 69.2 Å². The highest BCUT2D eigenvalue weighted by Crippen LogP contribution is 2.26. The minimum absolute atomic E-state index is 0.169. The van der Waals surface area contributed by atoms with E-state index < -0.39 is 11.6 Å². The van der Waals surface area contributed by atoms with E-state index in [-0.39, 0.29) is 6.04 Å². The first-order valence-corrected chi connectivity index (χ1v) is 6.97. The Hall–Kier alpha value is -1.30. The average molecular weight is 341 g/mol. The van der Waals surface area contributed by atoms with Crippen molar-refractivity contribution in [1.82, 2.24) is 5.43 Å². The molecule has 0 aromatic heterocycles. The standard InChI is InChI=1S/C15H15BrF2N2/c1-9-11(3-2-4-12(9)16)15(20-19)8-10-5-6-13(17)14(18)7-10/h2-7,15,20H,8,19H2,1H3. The number of hydrogen-bond donors (Lipinski definition) is 2. The van der Waals surface area contributed by atoms with Gasteiger partial charge in [0.2, 0.25) is 0 Å². The second-order valence-corrected chi connectivity index (χ2v) is 5.48. The van der Waals surface area contributed by atoms with E-state index in [0.29, 0.717) is 12.0 Å². The quantitative estimate of drug-likeness (QED) is 0.656. The van der Waals surface area contributed by atoms with Crippen LogP contribution >= 0.6 is 15.9 Å². The van der Waals surface area contributed by atoms with E-state index >= 15 is 0 Å². The van der Waals surface area contributed by atoms with Crippen LogP contribution in [0.1, 0.15) is 22.7 Å². The molecule has 0 aliphatic rings. The molecule has 20 heavy (non-hydrogen) atoms. The van der Waals surface area contributed by atoms with Crippen molar-refractivity contribution in [3.8, 4) is 0 Å². The third-order valence-corrected chi connectivity index (χ3v) is 4.17. The summed E-state index contributed by atoms with van der Waals surface area (Å²) in [6.07, 6.45) is 0.477. The second-order valence-electron chi connectivity index (χ2n) is 4.63. The lowest BCUT2D eigenvalue weighted by Gasteiger charge is -2.19. The number of nitrogens with one attached hydrogen (secondary N) is 1. The van der Waals surface area contributed by atoms with Crippen LogP contribution in [0.5, 0.6) is 0 Å². The molecule has 0 aliphatic heterocycles. The minimum Gasteiger partial charge on any atom is -0.271 e. The summed E-state index contributed by atoms with van der Waals surface area (Å²) in [7, 11) is 0. The normalized spacial score (nSPS) is 12.4. The second kappa shape index (κ2) is 6.43. The molecule has 2 aromatic carbocycles. The van der Waals surface area contributed by atoms with Crippen LogP contribution < -0.4 is 11.3 Å². The van der Waals surface area contributed by atoms with Gasteiger partial charge in [-0.15, -0.1) is 0 Å². The van der Waals surface area contributed by atoms with Gasteiger partial charge in [0.05, 0.1) is 6.04 Å². The fraction of sp³-hybridized carbons (Fsp3) is 0.200. The molecule has 0 heterocycles. The summed E-state index contributed by atoms with van der Waals surface area (Å²) >= 11 is 3.47. The van der Waals surface area contributed by atoms with Gasteiger partial charge < -0.3 is 0 Å². The summed E-state index contributed by atoms with van der Waals surface area (Å²) in [5.41, 5.74) is 5.51. The lowest BCUT2D eigenvalue weighted by Crippen LogP contribution is -2.30. The molecule has 0 amide bonds. The zero-order valence-electron chi connectivity index (χ0n) is 11.0. The SMILES string of the molecule is Cc1c(Br)cccc1C(Cc1ccc(F)c(F)c1)NN. The molecule has 3 N–H and O–H groups in total. The van der Waals surface area contributed by atoms with Gasteiger partial charge in [-0.25, -0.2) is 8.78 Å². The Labute approximate surface area is 125 Å². The maximum Gasteiger partial charge on any atom is 0.159 e. The predicted octanol–water partition coefficient (Wildman–Crippen LogP) is 3.78. The molecule has 2 nitrogen and oxygen atoms in total. The van der Waals surface area contributed by atoms with Gasteiger partial charge in [-0.1, -0.05) is 34.1 Å². The highest BCUT2D eigenvalue weighted by atomic mass is 79.9. The number of rotatable bonds is 4. The maximum atomic E-state index is 13.2. The molecular weight excluding hydrogens is 326 g/mol. The predicted molar refractivity (Wildman–Crippen MR) is 79.0 cm³/mol.